The third-order valence-electron chi connectivity index (χ3n) is 3.13. The van der Waals surface area contributed by atoms with E-state index < -0.39 is 0 Å². The first-order valence-electron chi connectivity index (χ1n) is 6.75. The molecule has 0 fully saturated rings. The fourth-order valence-corrected chi connectivity index (χ4v) is 2.83. The summed E-state index contributed by atoms with van der Waals surface area (Å²) in [6.45, 7) is 4.10. The lowest BCUT2D eigenvalue weighted by Crippen LogP contribution is -2.12. The van der Waals surface area contributed by atoms with Crippen molar-refractivity contribution in [3.05, 3.63) is 41.5 Å². The summed E-state index contributed by atoms with van der Waals surface area (Å²) in [5.74, 6) is 7.80. The molecule has 0 spiro atoms. The van der Waals surface area contributed by atoms with E-state index >= 15 is 0 Å². The summed E-state index contributed by atoms with van der Waals surface area (Å²) in [4.78, 5) is 8.88. The van der Waals surface area contributed by atoms with Gasteiger partial charge in [-0.15, -0.1) is 11.3 Å². The monoisotopic (exact) mass is 299 g/mol. The minimum absolute atomic E-state index is 0.234. The predicted octanol–water partition coefficient (Wildman–Crippen LogP) is 3.84. The van der Waals surface area contributed by atoms with Crippen molar-refractivity contribution in [1.29, 1.82) is 0 Å². The molecule has 1 aromatic carbocycles. The van der Waals surface area contributed by atoms with Crippen LogP contribution in [0.2, 0.25) is 0 Å². The lowest BCUT2D eigenvalue weighted by Gasteiger charge is -2.11. The van der Waals surface area contributed by atoms with E-state index in [-0.39, 0.29) is 5.92 Å². The molecule has 6 heteroatoms. The highest BCUT2D eigenvalue weighted by Gasteiger charge is 2.08. The maximum absolute atomic E-state index is 5.47. The van der Waals surface area contributed by atoms with Gasteiger partial charge in [0.2, 0.25) is 0 Å². The molecule has 0 radical (unpaired) electrons. The molecule has 108 valence electrons. The Morgan fingerprint density at radius 3 is 2.67 bits per heavy atom. The Bertz CT molecular complexity index is 766. The molecule has 0 aliphatic rings. The number of nitrogen functional groups attached to an aromatic ring is 1. The van der Waals surface area contributed by atoms with Gasteiger partial charge in [-0.05, 0) is 35.0 Å². The highest BCUT2D eigenvalue weighted by atomic mass is 32.1. The number of fused-ring (bicyclic) bond motifs is 1. The summed E-state index contributed by atoms with van der Waals surface area (Å²) in [6, 6.07) is 10.2. The van der Waals surface area contributed by atoms with Crippen molar-refractivity contribution >= 4 is 38.7 Å². The fourth-order valence-electron chi connectivity index (χ4n) is 2.05. The van der Waals surface area contributed by atoms with Crippen LogP contribution in [-0.4, -0.2) is 9.97 Å². The van der Waals surface area contributed by atoms with Gasteiger partial charge in [0.1, 0.15) is 17.5 Å². The van der Waals surface area contributed by atoms with Crippen molar-refractivity contribution in [2.75, 3.05) is 10.7 Å². The summed E-state index contributed by atoms with van der Waals surface area (Å²) in [7, 11) is 0. The Morgan fingerprint density at radius 1 is 1.10 bits per heavy atom. The van der Waals surface area contributed by atoms with E-state index in [0.29, 0.717) is 5.82 Å². The number of hydrazine groups is 1. The molecule has 5 nitrogen and oxygen atoms in total. The van der Waals surface area contributed by atoms with Crippen LogP contribution >= 0.6 is 11.3 Å². The lowest BCUT2D eigenvalue weighted by molar-refractivity contribution is 0.777. The Labute approximate surface area is 127 Å². The molecule has 0 atom stereocenters. The van der Waals surface area contributed by atoms with Crippen LogP contribution < -0.4 is 16.6 Å². The molecule has 0 amide bonds. The highest BCUT2D eigenvalue weighted by molar-refractivity contribution is 7.17. The van der Waals surface area contributed by atoms with Crippen molar-refractivity contribution in [3.8, 4) is 0 Å². The van der Waals surface area contributed by atoms with Crippen LogP contribution in [0.15, 0.2) is 35.7 Å². The van der Waals surface area contributed by atoms with E-state index in [1.54, 1.807) is 17.4 Å². The average molecular weight is 299 g/mol. The number of aromatic nitrogens is 2. The Hall–Kier alpha value is -2.18. The van der Waals surface area contributed by atoms with Crippen LogP contribution in [0.1, 0.15) is 25.6 Å². The number of rotatable bonds is 4. The van der Waals surface area contributed by atoms with Crippen LogP contribution in [0.25, 0.3) is 10.1 Å². The summed E-state index contributed by atoms with van der Waals surface area (Å²) in [5.41, 5.74) is 3.58. The quantitative estimate of drug-likeness (QED) is 0.504. The van der Waals surface area contributed by atoms with E-state index in [1.807, 2.05) is 6.07 Å². The number of thiophene rings is 1. The number of hydrogen-bond donors (Lipinski definition) is 3. The third kappa shape index (κ3) is 2.96. The van der Waals surface area contributed by atoms with Gasteiger partial charge in [0.05, 0.1) is 0 Å². The molecule has 0 aliphatic heterocycles. The molecule has 2 heterocycles. The summed E-state index contributed by atoms with van der Waals surface area (Å²) >= 11 is 1.73. The molecule has 21 heavy (non-hydrogen) atoms. The van der Waals surface area contributed by atoms with Crippen LogP contribution in [0, 0.1) is 0 Å². The molecular weight excluding hydrogens is 282 g/mol. The number of benzene rings is 1. The zero-order valence-electron chi connectivity index (χ0n) is 11.9. The average Bonchev–Trinajstić information content (AvgIpc) is 2.94. The second-order valence-electron chi connectivity index (χ2n) is 5.09. The van der Waals surface area contributed by atoms with Crippen molar-refractivity contribution in [1.82, 2.24) is 9.97 Å². The Morgan fingerprint density at radius 2 is 1.90 bits per heavy atom. The van der Waals surface area contributed by atoms with E-state index in [1.165, 1.54) is 10.1 Å². The van der Waals surface area contributed by atoms with Gasteiger partial charge in [0, 0.05) is 22.4 Å². The SMILES string of the molecule is CC(C)c1nc(NN)cc(Nc2ccc3sccc3c2)n1. The Balaban J connectivity index is 1.94. The van der Waals surface area contributed by atoms with Gasteiger partial charge < -0.3 is 10.7 Å². The number of hydrogen-bond acceptors (Lipinski definition) is 6. The third-order valence-corrected chi connectivity index (χ3v) is 4.03. The van der Waals surface area contributed by atoms with Gasteiger partial charge in [0.25, 0.3) is 0 Å². The minimum Gasteiger partial charge on any atom is -0.340 e. The largest absolute Gasteiger partial charge is 0.340 e. The Kier molecular flexibility index (Phi) is 3.72. The minimum atomic E-state index is 0.234. The molecule has 0 saturated heterocycles. The van der Waals surface area contributed by atoms with E-state index in [9.17, 15) is 0 Å². The van der Waals surface area contributed by atoms with Gasteiger partial charge in [-0.25, -0.2) is 15.8 Å². The van der Waals surface area contributed by atoms with E-state index in [0.717, 1.165) is 17.3 Å². The summed E-state index contributed by atoms with van der Waals surface area (Å²) in [6.07, 6.45) is 0. The number of nitrogens with two attached hydrogens (primary N) is 1. The molecule has 3 aromatic rings. The zero-order chi connectivity index (χ0) is 14.8. The zero-order valence-corrected chi connectivity index (χ0v) is 12.7. The van der Waals surface area contributed by atoms with Gasteiger partial charge in [-0.2, -0.15) is 0 Å². The molecule has 0 unspecified atom stereocenters. The molecule has 2 aromatic heterocycles. The first kappa shape index (κ1) is 13.8. The van der Waals surface area contributed by atoms with Crippen LogP contribution in [0.5, 0.6) is 0 Å². The molecule has 0 bridgehead atoms. The second kappa shape index (κ2) is 5.67. The maximum Gasteiger partial charge on any atom is 0.145 e. The molecule has 3 rings (SSSR count). The maximum atomic E-state index is 5.47. The lowest BCUT2D eigenvalue weighted by atomic mass is 10.2. The van der Waals surface area contributed by atoms with Gasteiger partial charge in [0.15, 0.2) is 0 Å². The molecule has 4 N–H and O–H groups in total. The summed E-state index contributed by atoms with van der Waals surface area (Å²) < 4.78 is 1.27. The fraction of sp³-hybridized carbons (Fsp3) is 0.200. The number of nitrogens with zero attached hydrogens (tertiary/aromatic N) is 2. The number of nitrogens with one attached hydrogen (secondary N) is 2. The van der Waals surface area contributed by atoms with Crippen LogP contribution in [0.4, 0.5) is 17.3 Å². The number of anilines is 3. The van der Waals surface area contributed by atoms with Crippen molar-refractivity contribution in [2.45, 2.75) is 19.8 Å². The molecular formula is C15H17N5S. The normalized spacial score (nSPS) is 11.0. The summed E-state index contributed by atoms with van der Waals surface area (Å²) in [5, 5.41) is 6.63. The highest BCUT2D eigenvalue weighted by Crippen LogP contribution is 2.26. The standard InChI is InChI=1S/C15H17N5S/c1-9(2)15-18-13(8-14(19-15)20-16)17-11-3-4-12-10(7-11)5-6-21-12/h3-9H,16H2,1-2H3,(H2,17,18,19,20). The van der Waals surface area contributed by atoms with Gasteiger partial charge >= 0.3 is 0 Å². The topological polar surface area (TPSA) is 75.9 Å². The molecule has 0 saturated carbocycles. The van der Waals surface area contributed by atoms with Crippen molar-refractivity contribution in [2.24, 2.45) is 5.84 Å². The smallest absolute Gasteiger partial charge is 0.145 e. The van der Waals surface area contributed by atoms with E-state index in [2.05, 4.69) is 58.1 Å². The van der Waals surface area contributed by atoms with Crippen molar-refractivity contribution in [3.63, 3.8) is 0 Å². The van der Waals surface area contributed by atoms with Gasteiger partial charge in [-0.1, -0.05) is 13.8 Å². The first-order valence-corrected chi connectivity index (χ1v) is 7.63. The van der Waals surface area contributed by atoms with Crippen LogP contribution in [0.3, 0.4) is 0 Å². The van der Waals surface area contributed by atoms with Gasteiger partial charge in [-0.3, -0.25) is 0 Å². The second-order valence-corrected chi connectivity index (χ2v) is 6.04. The van der Waals surface area contributed by atoms with Crippen molar-refractivity contribution < 1.29 is 0 Å². The first-order chi connectivity index (χ1) is 10.2. The van der Waals surface area contributed by atoms with Crippen LogP contribution in [-0.2, 0) is 0 Å². The molecule has 0 aliphatic carbocycles. The predicted molar refractivity (Wildman–Crippen MR) is 89.0 cm³/mol. The van der Waals surface area contributed by atoms with E-state index in [4.69, 9.17) is 5.84 Å².